The van der Waals surface area contributed by atoms with Crippen LogP contribution in [0.4, 0.5) is 0 Å². The highest BCUT2D eigenvalue weighted by molar-refractivity contribution is 7.86. The van der Waals surface area contributed by atoms with Gasteiger partial charge in [-0.05, 0) is 11.5 Å². The van der Waals surface area contributed by atoms with Crippen molar-refractivity contribution in [3.05, 3.63) is 41.2 Å². The summed E-state index contributed by atoms with van der Waals surface area (Å²) >= 11 is 0. The van der Waals surface area contributed by atoms with Gasteiger partial charge in [0.25, 0.3) is 10.2 Å². The molecule has 0 radical (unpaired) electrons. The third-order valence-corrected chi connectivity index (χ3v) is 7.06. The molecule has 2 heterocycles. The number of hydrogen-bond acceptors (Lipinski definition) is 7. The molecular weight excluding hydrogens is 426 g/mol. The Morgan fingerprint density at radius 3 is 2.58 bits per heavy atom. The van der Waals surface area contributed by atoms with Crippen molar-refractivity contribution in [3.63, 3.8) is 0 Å². The van der Waals surface area contributed by atoms with Gasteiger partial charge in [-0.1, -0.05) is 31.2 Å². The maximum atomic E-state index is 12.6. The van der Waals surface area contributed by atoms with Crippen LogP contribution in [0.2, 0.25) is 0 Å². The largest absolute Gasteiger partial charge is 0.480 e. The number of ether oxygens (including phenoxy) is 1. The van der Waals surface area contributed by atoms with Crippen molar-refractivity contribution in [2.24, 2.45) is 11.7 Å². The van der Waals surface area contributed by atoms with Crippen LogP contribution in [0.1, 0.15) is 29.8 Å². The first-order valence-corrected chi connectivity index (χ1v) is 10.8. The highest BCUT2D eigenvalue weighted by atomic mass is 32.2. The molecule has 3 atom stereocenters. The van der Waals surface area contributed by atoms with E-state index in [4.69, 9.17) is 15.9 Å². The molecule has 168 valence electrons. The maximum Gasteiger partial charge on any atom is 0.335 e. The Labute approximate surface area is 179 Å². The molecule has 1 aromatic carbocycles. The quantitative estimate of drug-likeness (QED) is 0.319. The summed E-state index contributed by atoms with van der Waals surface area (Å²) in [6.45, 7) is 1.96. The zero-order valence-electron chi connectivity index (χ0n) is 17.3. The first-order valence-electron chi connectivity index (χ1n) is 9.43. The number of rotatable bonds is 8. The van der Waals surface area contributed by atoms with E-state index < -0.39 is 28.1 Å². The Morgan fingerprint density at radius 2 is 2.03 bits per heavy atom. The predicted molar refractivity (Wildman–Crippen MR) is 111 cm³/mol. The fraction of sp³-hybridized carbons (Fsp3) is 0.444. The minimum Gasteiger partial charge on any atom is -0.480 e. The van der Waals surface area contributed by atoms with Gasteiger partial charge in [-0.25, -0.2) is 0 Å². The third-order valence-electron chi connectivity index (χ3n) is 5.17. The number of nitrogens with one attached hydrogen (secondary N) is 2. The minimum absolute atomic E-state index is 0.0240. The van der Waals surface area contributed by atoms with Crippen LogP contribution >= 0.6 is 0 Å². The average molecular weight is 452 g/mol. The lowest BCUT2D eigenvalue weighted by molar-refractivity contribution is -0.141. The van der Waals surface area contributed by atoms with Crippen LogP contribution in [-0.2, 0) is 21.6 Å². The lowest BCUT2D eigenvalue weighted by Crippen LogP contribution is -2.47. The van der Waals surface area contributed by atoms with Crippen molar-refractivity contribution in [1.29, 1.82) is 5.41 Å². The van der Waals surface area contributed by atoms with Gasteiger partial charge in [0.05, 0.1) is 0 Å². The monoisotopic (exact) mass is 451 g/mol. The Kier molecular flexibility index (Phi) is 6.29. The molecule has 3 unspecified atom stereocenters. The predicted octanol–water partition coefficient (Wildman–Crippen LogP) is -0.0373. The highest BCUT2D eigenvalue weighted by Crippen LogP contribution is 2.39. The van der Waals surface area contributed by atoms with Crippen molar-refractivity contribution in [3.8, 4) is 6.01 Å². The molecule has 31 heavy (non-hydrogen) atoms. The van der Waals surface area contributed by atoms with Gasteiger partial charge >= 0.3 is 12.0 Å². The molecule has 0 bridgehead atoms. The lowest BCUT2D eigenvalue weighted by Gasteiger charge is -2.26. The summed E-state index contributed by atoms with van der Waals surface area (Å²) in [7, 11) is -1.21. The Morgan fingerprint density at radius 1 is 1.39 bits per heavy atom. The second-order valence-electron chi connectivity index (χ2n) is 7.55. The van der Waals surface area contributed by atoms with Crippen molar-refractivity contribution in [1.82, 2.24) is 23.8 Å². The van der Waals surface area contributed by atoms with E-state index in [1.54, 1.807) is 31.2 Å². The van der Waals surface area contributed by atoms with Crippen LogP contribution in [-0.4, -0.2) is 75.8 Å². The number of carboxylic acid groups (broad SMARTS) is 1. The number of carbonyl (C=O) groups is 1. The molecule has 0 saturated carbocycles. The van der Waals surface area contributed by atoms with Crippen LogP contribution in [0.5, 0.6) is 6.01 Å². The number of H-pyrrole nitrogens is 1. The fourth-order valence-corrected chi connectivity index (χ4v) is 4.90. The van der Waals surface area contributed by atoms with Crippen molar-refractivity contribution in [2.75, 3.05) is 20.6 Å². The van der Waals surface area contributed by atoms with Crippen molar-refractivity contribution in [2.45, 2.75) is 25.5 Å². The molecule has 1 aliphatic rings. The summed E-state index contributed by atoms with van der Waals surface area (Å²) in [6.07, 6.45) is 0. The van der Waals surface area contributed by atoms with E-state index in [0.29, 0.717) is 5.56 Å². The molecule has 13 heteroatoms. The Balaban J connectivity index is 1.77. The average Bonchev–Trinajstić information content (AvgIpc) is 3.30. The second-order valence-corrected chi connectivity index (χ2v) is 9.64. The van der Waals surface area contributed by atoms with Gasteiger partial charge in [-0.15, -0.1) is 5.10 Å². The van der Waals surface area contributed by atoms with Crippen LogP contribution < -0.4 is 10.5 Å². The standard InChI is InChI=1S/C18H25N7O5S/c1-10-8-25(31(28,29)24(2)3)14(17(26)27)13(10)16-21-18(23-22-16)30-9-11-4-6-12(7-5-11)15(19)20/h4-7,10,13-14H,8-9H2,1-3H3,(H3,19,20)(H,26,27)(H,21,22,23). The summed E-state index contributed by atoms with van der Waals surface area (Å²) < 4.78 is 32.7. The number of amidine groups is 1. The molecule has 1 aliphatic heterocycles. The molecular formula is C18H25N7O5S. The third kappa shape index (κ3) is 4.52. The molecule has 0 aliphatic carbocycles. The van der Waals surface area contributed by atoms with E-state index in [-0.39, 0.29) is 36.7 Å². The molecule has 2 aromatic rings. The number of aromatic amines is 1. The normalized spacial score (nSPS) is 22.0. The molecule has 0 spiro atoms. The van der Waals surface area contributed by atoms with E-state index >= 15 is 0 Å². The molecule has 1 aromatic heterocycles. The summed E-state index contributed by atoms with van der Waals surface area (Å²) in [6, 6.07) is 5.61. The molecule has 1 fully saturated rings. The van der Waals surface area contributed by atoms with Crippen LogP contribution in [0.15, 0.2) is 24.3 Å². The molecule has 12 nitrogen and oxygen atoms in total. The maximum absolute atomic E-state index is 12.6. The number of nitrogens with zero attached hydrogens (tertiary/aromatic N) is 4. The first-order chi connectivity index (χ1) is 14.5. The molecule has 0 amide bonds. The SMILES string of the molecule is CC1CN(S(=O)(=O)N(C)C)C(C(=O)O)C1c1nc(OCc2ccc(C(=N)N)cc2)n[nH]1. The summed E-state index contributed by atoms with van der Waals surface area (Å²) in [5.74, 6) is -2.07. The number of hydrogen-bond donors (Lipinski definition) is 4. The summed E-state index contributed by atoms with van der Waals surface area (Å²) in [5.41, 5.74) is 6.83. The van der Waals surface area contributed by atoms with Crippen LogP contribution in [0, 0.1) is 11.3 Å². The van der Waals surface area contributed by atoms with Gasteiger partial charge in [-0.2, -0.15) is 22.0 Å². The first kappa shape index (κ1) is 22.7. The zero-order chi connectivity index (χ0) is 22.9. The smallest absolute Gasteiger partial charge is 0.335 e. The zero-order valence-corrected chi connectivity index (χ0v) is 18.1. The number of aliphatic carboxylic acids is 1. The van der Waals surface area contributed by atoms with Gasteiger partial charge in [-0.3, -0.25) is 15.3 Å². The molecule has 1 saturated heterocycles. The van der Waals surface area contributed by atoms with Crippen molar-refractivity contribution >= 4 is 22.0 Å². The Bertz CT molecular complexity index is 1070. The van der Waals surface area contributed by atoms with Gasteiger partial charge in [0.15, 0.2) is 0 Å². The van der Waals surface area contributed by atoms with E-state index in [2.05, 4.69) is 15.2 Å². The number of benzene rings is 1. The minimum atomic E-state index is -3.93. The van der Waals surface area contributed by atoms with E-state index in [9.17, 15) is 18.3 Å². The topological polar surface area (TPSA) is 179 Å². The van der Waals surface area contributed by atoms with E-state index in [1.165, 1.54) is 14.1 Å². The van der Waals surface area contributed by atoms with E-state index in [0.717, 1.165) is 14.2 Å². The van der Waals surface area contributed by atoms with Gasteiger partial charge < -0.3 is 15.6 Å². The number of nitrogens with two attached hydrogens (primary N) is 1. The number of carboxylic acids is 1. The summed E-state index contributed by atoms with van der Waals surface area (Å²) in [4.78, 5) is 16.2. The molecule has 5 N–H and O–H groups in total. The second kappa shape index (κ2) is 8.61. The lowest BCUT2D eigenvalue weighted by atomic mass is 9.91. The van der Waals surface area contributed by atoms with E-state index in [1.807, 2.05) is 0 Å². The van der Waals surface area contributed by atoms with Gasteiger partial charge in [0.2, 0.25) is 0 Å². The van der Waals surface area contributed by atoms with Gasteiger partial charge in [0.1, 0.15) is 24.3 Å². The summed E-state index contributed by atoms with van der Waals surface area (Å²) in [5, 5.41) is 23.8. The number of nitrogen functional groups attached to an aromatic ring is 1. The number of aromatic nitrogens is 3. The van der Waals surface area contributed by atoms with Crippen LogP contribution in [0.25, 0.3) is 0 Å². The Hall–Kier alpha value is -3.03. The van der Waals surface area contributed by atoms with Crippen molar-refractivity contribution < 1.29 is 23.1 Å². The highest BCUT2D eigenvalue weighted by Gasteiger charge is 2.51. The molecule has 3 rings (SSSR count). The van der Waals surface area contributed by atoms with Gasteiger partial charge in [0, 0.05) is 32.1 Å². The fourth-order valence-electron chi connectivity index (χ4n) is 3.54. The van der Waals surface area contributed by atoms with Crippen LogP contribution in [0.3, 0.4) is 0 Å².